The van der Waals surface area contributed by atoms with Crippen LogP contribution in [0.25, 0.3) is 10.9 Å². The van der Waals surface area contributed by atoms with E-state index in [-0.39, 0.29) is 12.1 Å². The minimum Gasteiger partial charge on any atom is -0.293 e. The summed E-state index contributed by atoms with van der Waals surface area (Å²) in [5.41, 5.74) is 0.754. The predicted octanol–water partition coefficient (Wildman–Crippen LogP) is 2.69. The van der Waals surface area contributed by atoms with Gasteiger partial charge in [-0.15, -0.1) is 11.3 Å². The number of thiophene rings is 1. The van der Waals surface area contributed by atoms with E-state index in [4.69, 9.17) is 11.6 Å². The van der Waals surface area contributed by atoms with E-state index in [9.17, 15) is 9.18 Å². The second-order valence-corrected chi connectivity index (χ2v) is 5.38. The van der Waals surface area contributed by atoms with Crippen molar-refractivity contribution in [3.8, 4) is 0 Å². The van der Waals surface area contributed by atoms with Crippen molar-refractivity contribution < 1.29 is 4.39 Å². The molecule has 0 aliphatic heterocycles. The molecule has 0 radical (unpaired) electrons. The molecular weight excluding hydrogens is 289 g/mol. The molecule has 0 unspecified atom stereocenters. The average molecular weight is 296 g/mol. The van der Waals surface area contributed by atoms with Crippen LogP contribution in [-0.4, -0.2) is 14.5 Å². The normalized spacial score (nSPS) is 11.1. The van der Waals surface area contributed by atoms with E-state index in [1.54, 1.807) is 17.5 Å². The van der Waals surface area contributed by atoms with Gasteiger partial charge in [-0.05, 0) is 12.1 Å². The third-order valence-electron chi connectivity index (χ3n) is 2.64. The minimum absolute atomic E-state index is 0.174. The summed E-state index contributed by atoms with van der Waals surface area (Å²) in [6.45, 7) is 0.174. The smallest absolute Gasteiger partial charge is 0.262 e. The largest absolute Gasteiger partial charge is 0.293 e. The van der Waals surface area contributed by atoms with Crippen LogP contribution in [-0.2, 0) is 6.54 Å². The Morgan fingerprint density at radius 2 is 2.26 bits per heavy atom. The van der Waals surface area contributed by atoms with Gasteiger partial charge in [0.25, 0.3) is 5.56 Å². The summed E-state index contributed by atoms with van der Waals surface area (Å²) in [4.78, 5) is 20.0. The summed E-state index contributed by atoms with van der Waals surface area (Å²) in [7, 11) is 0. The van der Waals surface area contributed by atoms with Crippen LogP contribution in [0.5, 0.6) is 0 Å². The number of pyridine rings is 1. The minimum atomic E-state index is -0.571. The van der Waals surface area contributed by atoms with Crippen LogP contribution in [0, 0.1) is 5.95 Å². The molecule has 0 saturated heterocycles. The van der Waals surface area contributed by atoms with Gasteiger partial charge in [-0.25, -0.2) is 9.97 Å². The maximum absolute atomic E-state index is 13.0. The Labute approximate surface area is 116 Å². The zero-order chi connectivity index (χ0) is 13.4. The fourth-order valence-electron chi connectivity index (χ4n) is 1.76. The second kappa shape index (κ2) is 4.71. The predicted molar refractivity (Wildman–Crippen MR) is 72.2 cm³/mol. The molecule has 0 aliphatic carbocycles. The highest BCUT2D eigenvalue weighted by Crippen LogP contribution is 2.25. The highest BCUT2D eigenvalue weighted by molar-refractivity contribution is 7.16. The first-order valence-corrected chi connectivity index (χ1v) is 6.64. The molecule has 0 bridgehead atoms. The summed E-state index contributed by atoms with van der Waals surface area (Å²) in [5.74, 6) is -0.571. The number of halogens is 2. The second-order valence-electron chi connectivity index (χ2n) is 3.90. The summed E-state index contributed by atoms with van der Waals surface area (Å²) in [5, 5.41) is 2.14. The third kappa shape index (κ3) is 2.24. The summed E-state index contributed by atoms with van der Waals surface area (Å²) in [6, 6.07) is 4.46. The number of nitrogens with zero attached hydrogens (tertiary/aromatic N) is 3. The van der Waals surface area contributed by atoms with Crippen LogP contribution in [0.15, 0.2) is 34.7 Å². The van der Waals surface area contributed by atoms with E-state index in [1.807, 2.05) is 0 Å². The number of hydrogen-bond acceptors (Lipinski definition) is 4. The first-order chi connectivity index (χ1) is 9.15. The quantitative estimate of drug-likeness (QED) is 0.683. The van der Waals surface area contributed by atoms with Crippen molar-refractivity contribution in [1.82, 2.24) is 14.5 Å². The number of aromatic nitrogens is 3. The molecule has 7 heteroatoms. The van der Waals surface area contributed by atoms with Gasteiger partial charge in [-0.2, -0.15) is 4.39 Å². The standard InChI is InChI=1S/C12H7ClFN3OS/c13-11-10-8(5-19-11)12(18)17(6-15-10)4-7-2-1-3-9(14)16-7/h1-3,5-6H,4H2. The van der Waals surface area contributed by atoms with Gasteiger partial charge in [0.2, 0.25) is 5.95 Å². The van der Waals surface area contributed by atoms with Crippen molar-refractivity contribution in [2.45, 2.75) is 6.54 Å². The molecule has 0 fully saturated rings. The van der Waals surface area contributed by atoms with E-state index in [0.29, 0.717) is 20.9 Å². The molecule has 0 amide bonds. The van der Waals surface area contributed by atoms with Gasteiger partial charge in [0.05, 0.1) is 24.0 Å². The highest BCUT2D eigenvalue weighted by atomic mass is 35.5. The summed E-state index contributed by atoms with van der Waals surface area (Å²) < 4.78 is 14.9. The van der Waals surface area contributed by atoms with Crippen molar-refractivity contribution >= 4 is 33.8 Å². The molecule has 0 spiro atoms. The lowest BCUT2D eigenvalue weighted by Gasteiger charge is -2.04. The molecule has 0 aromatic carbocycles. The Bertz CT molecular complexity index is 814. The Balaban J connectivity index is 2.06. The van der Waals surface area contributed by atoms with Gasteiger partial charge in [0.1, 0.15) is 9.85 Å². The molecule has 19 heavy (non-hydrogen) atoms. The zero-order valence-electron chi connectivity index (χ0n) is 9.51. The van der Waals surface area contributed by atoms with Crippen molar-refractivity contribution in [2.24, 2.45) is 0 Å². The summed E-state index contributed by atoms with van der Waals surface area (Å²) in [6.07, 6.45) is 1.40. The number of rotatable bonds is 2. The van der Waals surface area contributed by atoms with Crippen LogP contribution >= 0.6 is 22.9 Å². The fraction of sp³-hybridized carbons (Fsp3) is 0.0833. The fourth-order valence-corrected chi connectivity index (χ4v) is 2.75. The average Bonchev–Trinajstić information content (AvgIpc) is 2.76. The Kier molecular flexibility index (Phi) is 3.04. The van der Waals surface area contributed by atoms with Crippen LogP contribution in [0.3, 0.4) is 0 Å². The molecule has 3 aromatic heterocycles. The Morgan fingerprint density at radius 3 is 3.05 bits per heavy atom. The highest BCUT2D eigenvalue weighted by Gasteiger charge is 2.10. The number of hydrogen-bond donors (Lipinski definition) is 0. The molecule has 0 atom stereocenters. The monoisotopic (exact) mass is 295 g/mol. The Hall–Kier alpha value is -1.79. The van der Waals surface area contributed by atoms with Crippen molar-refractivity contribution in [3.63, 3.8) is 0 Å². The lowest BCUT2D eigenvalue weighted by molar-refractivity contribution is 0.571. The molecule has 0 N–H and O–H groups in total. The van der Waals surface area contributed by atoms with Crippen LogP contribution in [0.4, 0.5) is 4.39 Å². The van der Waals surface area contributed by atoms with E-state index in [2.05, 4.69) is 9.97 Å². The first kappa shape index (κ1) is 12.3. The molecule has 0 aliphatic rings. The number of fused-ring (bicyclic) bond motifs is 1. The van der Waals surface area contributed by atoms with Gasteiger partial charge in [-0.3, -0.25) is 9.36 Å². The molecular formula is C12H7ClFN3OS. The van der Waals surface area contributed by atoms with Crippen LogP contribution < -0.4 is 5.56 Å². The summed E-state index contributed by atoms with van der Waals surface area (Å²) >= 11 is 7.19. The molecule has 96 valence electrons. The molecule has 3 rings (SSSR count). The lowest BCUT2D eigenvalue weighted by atomic mass is 10.3. The zero-order valence-corrected chi connectivity index (χ0v) is 11.1. The van der Waals surface area contributed by atoms with Gasteiger partial charge in [-0.1, -0.05) is 17.7 Å². The van der Waals surface area contributed by atoms with Gasteiger partial charge < -0.3 is 0 Å². The van der Waals surface area contributed by atoms with Crippen molar-refractivity contribution in [3.05, 3.63) is 56.2 Å². The van der Waals surface area contributed by atoms with E-state index >= 15 is 0 Å². The molecule has 4 nitrogen and oxygen atoms in total. The lowest BCUT2D eigenvalue weighted by Crippen LogP contribution is -2.21. The maximum atomic E-state index is 13.0. The van der Waals surface area contributed by atoms with E-state index in [1.165, 1.54) is 28.3 Å². The third-order valence-corrected chi connectivity index (χ3v) is 3.84. The van der Waals surface area contributed by atoms with Gasteiger partial charge in [0, 0.05) is 5.38 Å². The maximum Gasteiger partial charge on any atom is 0.262 e. The molecule has 0 saturated carbocycles. The SMILES string of the molecule is O=c1c2csc(Cl)c2ncn1Cc1cccc(F)n1. The van der Waals surface area contributed by atoms with Gasteiger partial charge in [0.15, 0.2) is 0 Å². The van der Waals surface area contributed by atoms with Crippen molar-refractivity contribution in [2.75, 3.05) is 0 Å². The van der Waals surface area contributed by atoms with Crippen LogP contribution in [0.2, 0.25) is 4.34 Å². The first-order valence-electron chi connectivity index (χ1n) is 5.39. The van der Waals surface area contributed by atoms with Crippen LogP contribution in [0.1, 0.15) is 5.69 Å². The van der Waals surface area contributed by atoms with E-state index < -0.39 is 5.95 Å². The van der Waals surface area contributed by atoms with Crippen molar-refractivity contribution in [1.29, 1.82) is 0 Å². The Morgan fingerprint density at radius 1 is 1.42 bits per heavy atom. The molecule has 3 aromatic rings. The van der Waals surface area contributed by atoms with Gasteiger partial charge >= 0.3 is 0 Å². The topological polar surface area (TPSA) is 47.8 Å². The van der Waals surface area contributed by atoms with E-state index in [0.717, 1.165) is 0 Å². The molecule has 3 heterocycles.